The summed E-state index contributed by atoms with van der Waals surface area (Å²) >= 11 is 7.76. The number of aryl methyl sites for hydroxylation is 1. The van der Waals surface area contributed by atoms with E-state index < -0.39 is 0 Å². The van der Waals surface area contributed by atoms with Gasteiger partial charge in [0.1, 0.15) is 5.65 Å². The van der Waals surface area contributed by atoms with Crippen molar-refractivity contribution in [1.82, 2.24) is 18.9 Å². The van der Waals surface area contributed by atoms with E-state index >= 15 is 0 Å². The molecular formula is C24H17ClN4O2S. The Bertz CT molecular complexity index is 1610. The van der Waals surface area contributed by atoms with E-state index in [0.717, 1.165) is 5.56 Å². The van der Waals surface area contributed by atoms with Gasteiger partial charge in [0.2, 0.25) is 0 Å². The number of aromatic nitrogens is 4. The summed E-state index contributed by atoms with van der Waals surface area (Å²) in [4.78, 5) is 35.2. The molecule has 32 heavy (non-hydrogen) atoms. The van der Waals surface area contributed by atoms with E-state index in [4.69, 9.17) is 16.6 Å². The summed E-state index contributed by atoms with van der Waals surface area (Å²) in [6.45, 7) is 1.95. The number of benzene rings is 2. The van der Waals surface area contributed by atoms with Gasteiger partial charge in [-0.15, -0.1) is 0 Å². The third kappa shape index (κ3) is 3.70. The number of thioether (sulfide) groups is 1. The van der Waals surface area contributed by atoms with E-state index in [0.29, 0.717) is 43.9 Å². The van der Waals surface area contributed by atoms with Gasteiger partial charge in [-0.3, -0.25) is 18.6 Å². The molecule has 0 atom stereocenters. The van der Waals surface area contributed by atoms with Crippen molar-refractivity contribution in [2.45, 2.75) is 17.8 Å². The summed E-state index contributed by atoms with van der Waals surface area (Å²) in [5.41, 5.74) is 3.02. The first kappa shape index (κ1) is 20.5. The van der Waals surface area contributed by atoms with Gasteiger partial charge in [0.25, 0.3) is 11.1 Å². The maximum atomic E-state index is 13.4. The summed E-state index contributed by atoms with van der Waals surface area (Å²) < 4.78 is 3.03. The molecule has 0 aliphatic rings. The summed E-state index contributed by atoms with van der Waals surface area (Å²) in [5, 5.41) is 1.44. The molecule has 0 amide bonds. The minimum Gasteiger partial charge on any atom is -0.269 e. The predicted octanol–water partition coefficient (Wildman–Crippen LogP) is 4.65. The average Bonchev–Trinajstić information content (AvgIpc) is 2.78. The Morgan fingerprint density at radius 2 is 1.75 bits per heavy atom. The molecule has 3 aromatic heterocycles. The van der Waals surface area contributed by atoms with Crippen molar-refractivity contribution < 1.29 is 0 Å². The number of para-hydroxylation sites is 2. The number of rotatable bonds is 4. The second kappa shape index (κ2) is 8.26. The minimum absolute atomic E-state index is 0.152. The van der Waals surface area contributed by atoms with Crippen LogP contribution in [0.5, 0.6) is 0 Å². The maximum absolute atomic E-state index is 13.4. The number of hydrogen-bond donors (Lipinski definition) is 0. The topological polar surface area (TPSA) is 69.3 Å². The fourth-order valence-corrected chi connectivity index (χ4v) is 4.64. The van der Waals surface area contributed by atoms with Gasteiger partial charge < -0.3 is 0 Å². The van der Waals surface area contributed by atoms with E-state index in [-0.39, 0.29) is 11.1 Å². The van der Waals surface area contributed by atoms with Crippen LogP contribution in [0.4, 0.5) is 0 Å². The lowest BCUT2D eigenvalue weighted by atomic mass is 10.2. The van der Waals surface area contributed by atoms with Gasteiger partial charge in [0.15, 0.2) is 5.16 Å². The number of hydrogen-bond acceptors (Lipinski definition) is 5. The molecule has 0 saturated heterocycles. The molecule has 0 N–H and O–H groups in total. The normalized spacial score (nSPS) is 11.3. The van der Waals surface area contributed by atoms with Gasteiger partial charge >= 0.3 is 0 Å². The first-order valence-electron chi connectivity index (χ1n) is 9.90. The summed E-state index contributed by atoms with van der Waals surface area (Å²) in [7, 11) is 0. The number of fused-ring (bicyclic) bond motifs is 2. The molecule has 8 heteroatoms. The van der Waals surface area contributed by atoms with Crippen LogP contribution >= 0.6 is 23.4 Å². The van der Waals surface area contributed by atoms with Crippen molar-refractivity contribution in [2.24, 2.45) is 0 Å². The Morgan fingerprint density at radius 3 is 2.59 bits per heavy atom. The molecule has 0 aliphatic heterocycles. The van der Waals surface area contributed by atoms with Crippen molar-refractivity contribution in [3.05, 3.63) is 110 Å². The standard InChI is InChI=1S/C24H17ClN4O2S/c1-15-10-11-28-21(12-15)26-16(13-22(28)30)14-32-24-27-19-8-4-2-6-17(19)23(31)29(24)20-9-5-3-7-18(20)25/h2-13H,14H2,1H3. The van der Waals surface area contributed by atoms with E-state index in [1.54, 1.807) is 30.5 Å². The summed E-state index contributed by atoms with van der Waals surface area (Å²) in [6.07, 6.45) is 1.72. The zero-order valence-corrected chi connectivity index (χ0v) is 18.6. The SMILES string of the molecule is Cc1ccn2c(=O)cc(CSc3nc4ccccc4c(=O)n3-c3ccccc3Cl)nc2c1. The Kier molecular flexibility index (Phi) is 5.28. The molecule has 0 radical (unpaired) electrons. The Hall–Kier alpha value is -3.42. The molecule has 5 aromatic rings. The first-order valence-corrected chi connectivity index (χ1v) is 11.3. The molecule has 5 rings (SSSR count). The lowest BCUT2D eigenvalue weighted by Gasteiger charge is -2.14. The van der Waals surface area contributed by atoms with Crippen molar-refractivity contribution in [1.29, 1.82) is 0 Å². The van der Waals surface area contributed by atoms with Crippen molar-refractivity contribution >= 4 is 39.9 Å². The van der Waals surface area contributed by atoms with Crippen molar-refractivity contribution in [3.63, 3.8) is 0 Å². The minimum atomic E-state index is -0.201. The molecule has 0 bridgehead atoms. The molecule has 2 aromatic carbocycles. The lowest BCUT2D eigenvalue weighted by molar-refractivity contribution is 0.819. The monoisotopic (exact) mass is 460 g/mol. The third-order valence-corrected chi connectivity index (χ3v) is 6.35. The van der Waals surface area contributed by atoms with Crippen LogP contribution < -0.4 is 11.1 Å². The van der Waals surface area contributed by atoms with E-state index in [1.165, 1.54) is 26.8 Å². The van der Waals surface area contributed by atoms with E-state index in [9.17, 15) is 9.59 Å². The number of halogens is 1. The highest BCUT2D eigenvalue weighted by molar-refractivity contribution is 7.98. The van der Waals surface area contributed by atoms with Crippen LogP contribution in [0.3, 0.4) is 0 Å². The van der Waals surface area contributed by atoms with Gasteiger partial charge in [-0.25, -0.2) is 9.97 Å². The van der Waals surface area contributed by atoms with Crippen LogP contribution in [0, 0.1) is 6.92 Å². The summed E-state index contributed by atoms with van der Waals surface area (Å²) in [6, 6.07) is 19.6. The van der Waals surface area contributed by atoms with Crippen LogP contribution in [-0.2, 0) is 5.75 Å². The molecule has 158 valence electrons. The predicted molar refractivity (Wildman–Crippen MR) is 128 cm³/mol. The molecular weight excluding hydrogens is 444 g/mol. The Labute approximate surface area is 192 Å². The van der Waals surface area contributed by atoms with Gasteiger partial charge in [-0.1, -0.05) is 47.6 Å². The third-order valence-electron chi connectivity index (χ3n) is 5.06. The van der Waals surface area contributed by atoms with E-state index in [2.05, 4.69) is 4.98 Å². The van der Waals surface area contributed by atoms with E-state index in [1.807, 2.05) is 43.3 Å². The van der Waals surface area contributed by atoms with Gasteiger partial charge in [-0.2, -0.15) is 0 Å². The van der Waals surface area contributed by atoms with Crippen LogP contribution in [0.1, 0.15) is 11.3 Å². The van der Waals surface area contributed by atoms with Gasteiger partial charge in [0.05, 0.1) is 27.3 Å². The lowest BCUT2D eigenvalue weighted by Crippen LogP contribution is -2.22. The van der Waals surface area contributed by atoms with Gasteiger partial charge in [0, 0.05) is 18.0 Å². The van der Waals surface area contributed by atoms with Crippen LogP contribution in [0.15, 0.2) is 87.7 Å². The highest BCUT2D eigenvalue weighted by atomic mass is 35.5. The van der Waals surface area contributed by atoms with Crippen molar-refractivity contribution in [2.75, 3.05) is 0 Å². The molecule has 6 nitrogen and oxygen atoms in total. The van der Waals surface area contributed by atoms with Crippen LogP contribution in [0.25, 0.3) is 22.2 Å². The zero-order valence-electron chi connectivity index (χ0n) is 17.0. The smallest absolute Gasteiger partial charge is 0.266 e. The quantitative estimate of drug-likeness (QED) is 0.288. The average molecular weight is 461 g/mol. The fraction of sp³-hybridized carbons (Fsp3) is 0.0833. The highest BCUT2D eigenvalue weighted by Gasteiger charge is 2.16. The first-order chi connectivity index (χ1) is 15.5. The molecule has 0 unspecified atom stereocenters. The second-order valence-electron chi connectivity index (χ2n) is 7.31. The fourth-order valence-electron chi connectivity index (χ4n) is 3.52. The number of pyridine rings is 1. The maximum Gasteiger partial charge on any atom is 0.266 e. The Morgan fingerprint density at radius 1 is 0.969 bits per heavy atom. The van der Waals surface area contributed by atoms with Crippen LogP contribution in [-0.4, -0.2) is 18.9 Å². The molecule has 0 saturated carbocycles. The molecule has 3 heterocycles. The number of nitrogens with zero attached hydrogens (tertiary/aromatic N) is 4. The van der Waals surface area contributed by atoms with Gasteiger partial charge in [-0.05, 0) is 48.9 Å². The Balaban J connectivity index is 1.62. The molecule has 0 aliphatic carbocycles. The zero-order chi connectivity index (χ0) is 22.2. The highest BCUT2D eigenvalue weighted by Crippen LogP contribution is 2.27. The summed E-state index contributed by atoms with van der Waals surface area (Å²) in [5.74, 6) is 0.370. The second-order valence-corrected chi connectivity index (χ2v) is 8.66. The molecule has 0 spiro atoms. The van der Waals surface area contributed by atoms with Crippen LogP contribution in [0.2, 0.25) is 5.02 Å². The largest absolute Gasteiger partial charge is 0.269 e. The van der Waals surface area contributed by atoms with Crippen molar-refractivity contribution in [3.8, 4) is 5.69 Å². The molecule has 0 fully saturated rings.